The quantitative estimate of drug-likeness (QED) is 0.654. The van der Waals surface area contributed by atoms with E-state index in [0.717, 1.165) is 5.56 Å². The predicted octanol–water partition coefficient (Wildman–Crippen LogP) is 2.63. The fourth-order valence-corrected chi connectivity index (χ4v) is 1.90. The Balaban J connectivity index is 1.90. The molecule has 2 aromatic rings. The van der Waals surface area contributed by atoms with E-state index < -0.39 is 12.0 Å². The van der Waals surface area contributed by atoms with E-state index in [-0.39, 0.29) is 5.92 Å². The average molecular weight is 282 g/mol. The van der Waals surface area contributed by atoms with Gasteiger partial charge in [-0.2, -0.15) is 5.10 Å². The third-order valence-electron chi connectivity index (χ3n) is 3.16. The van der Waals surface area contributed by atoms with E-state index in [0.29, 0.717) is 5.56 Å². The van der Waals surface area contributed by atoms with Gasteiger partial charge in [-0.05, 0) is 11.1 Å². The molecule has 2 rings (SSSR count). The Kier molecular flexibility index (Phi) is 5.23. The van der Waals surface area contributed by atoms with Crippen LogP contribution in [0.3, 0.4) is 0 Å². The molecule has 0 aliphatic heterocycles. The summed E-state index contributed by atoms with van der Waals surface area (Å²) >= 11 is 0. The smallest absolute Gasteiger partial charge is 0.273 e. The molecule has 0 saturated carbocycles. The molecule has 0 aliphatic rings. The second-order valence-electron chi connectivity index (χ2n) is 4.77. The first-order valence-electron chi connectivity index (χ1n) is 6.79. The summed E-state index contributed by atoms with van der Waals surface area (Å²) in [6, 6.07) is 18.6. The molecule has 2 atom stereocenters. The van der Waals surface area contributed by atoms with E-state index in [4.69, 9.17) is 0 Å². The molecule has 0 spiro atoms. The molecule has 4 nitrogen and oxygen atoms in total. The summed E-state index contributed by atoms with van der Waals surface area (Å²) in [6.45, 7) is 1.98. The van der Waals surface area contributed by atoms with Gasteiger partial charge in [0.25, 0.3) is 5.91 Å². The maximum absolute atomic E-state index is 11.8. The Labute approximate surface area is 124 Å². The number of hydrazone groups is 1. The van der Waals surface area contributed by atoms with Crippen molar-refractivity contribution in [2.24, 2.45) is 5.10 Å². The lowest BCUT2D eigenvalue weighted by molar-refractivity contribution is -0.129. The van der Waals surface area contributed by atoms with Gasteiger partial charge in [-0.25, -0.2) is 5.43 Å². The lowest BCUT2D eigenvalue weighted by Crippen LogP contribution is -2.25. The Morgan fingerprint density at radius 3 is 2.14 bits per heavy atom. The Morgan fingerprint density at radius 2 is 1.57 bits per heavy atom. The molecule has 21 heavy (non-hydrogen) atoms. The molecular formula is C17H18N2O2. The van der Waals surface area contributed by atoms with Gasteiger partial charge in [-0.1, -0.05) is 67.6 Å². The van der Waals surface area contributed by atoms with Crippen molar-refractivity contribution in [3.8, 4) is 0 Å². The van der Waals surface area contributed by atoms with Crippen LogP contribution in [0, 0.1) is 0 Å². The second kappa shape index (κ2) is 7.36. The van der Waals surface area contributed by atoms with Gasteiger partial charge in [-0.15, -0.1) is 0 Å². The molecule has 108 valence electrons. The van der Waals surface area contributed by atoms with Gasteiger partial charge < -0.3 is 5.11 Å². The normalized spacial score (nSPS) is 13.8. The molecule has 2 aromatic carbocycles. The fourth-order valence-electron chi connectivity index (χ4n) is 1.90. The molecule has 2 N–H and O–H groups in total. The van der Waals surface area contributed by atoms with Crippen LogP contribution in [0.15, 0.2) is 65.8 Å². The minimum Gasteiger partial charge on any atom is -0.378 e. The molecule has 0 aromatic heterocycles. The highest BCUT2D eigenvalue weighted by Gasteiger charge is 2.16. The van der Waals surface area contributed by atoms with E-state index >= 15 is 0 Å². The fraction of sp³-hybridized carbons (Fsp3) is 0.176. The molecule has 2 unspecified atom stereocenters. The SMILES string of the molecule is CC(/C=N/NC(=O)C(O)c1ccccc1)c1ccccc1. The van der Waals surface area contributed by atoms with Gasteiger partial charge >= 0.3 is 0 Å². The van der Waals surface area contributed by atoms with Crippen molar-refractivity contribution in [3.63, 3.8) is 0 Å². The van der Waals surface area contributed by atoms with Crippen LogP contribution in [0.25, 0.3) is 0 Å². The number of hydrogen-bond acceptors (Lipinski definition) is 3. The molecule has 0 saturated heterocycles. The number of amides is 1. The van der Waals surface area contributed by atoms with Crippen molar-refractivity contribution in [2.75, 3.05) is 0 Å². The highest BCUT2D eigenvalue weighted by Crippen LogP contribution is 2.13. The molecule has 0 aliphatic carbocycles. The third-order valence-corrected chi connectivity index (χ3v) is 3.16. The number of benzene rings is 2. The predicted molar refractivity (Wildman–Crippen MR) is 82.9 cm³/mol. The summed E-state index contributed by atoms with van der Waals surface area (Å²) in [5.41, 5.74) is 4.02. The number of hydrogen-bond donors (Lipinski definition) is 2. The zero-order valence-corrected chi connectivity index (χ0v) is 11.8. The second-order valence-corrected chi connectivity index (χ2v) is 4.77. The number of carbonyl (C=O) groups is 1. The van der Waals surface area contributed by atoms with Gasteiger partial charge in [0.1, 0.15) is 0 Å². The lowest BCUT2D eigenvalue weighted by atomic mass is 10.0. The van der Waals surface area contributed by atoms with E-state index in [1.165, 1.54) is 0 Å². The van der Waals surface area contributed by atoms with Crippen LogP contribution in [0.1, 0.15) is 30.1 Å². The van der Waals surface area contributed by atoms with Crippen LogP contribution >= 0.6 is 0 Å². The van der Waals surface area contributed by atoms with Crippen molar-refractivity contribution >= 4 is 12.1 Å². The van der Waals surface area contributed by atoms with Crippen molar-refractivity contribution in [1.29, 1.82) is 0 Å². The third kappa shape index (κ3) is 4.26. The van der Waals surface area contributed by atoms with Crippen LogP contribution in [-0.2, 0) is 4.79 Å². The van der Waals surface area contributed by atoms with E-state index in [2.05, 4.69) is 10.5 Å². The maximum atomic E-state index is 11.8. The van der Waals surface area contributed by atoms with E-state index in [9.17, 15) is 9.90 Å². The molecule has 0 radical (unpaired) electrons. The van der Waals surface area contributed by atoms with E-state index in [1.54, 1.807) is 30.5 Å². The van der Waals surface area contributed by atoms with Crippen molar-refractivity contribution in [2.45, 2.75) is 18.9 Å². The molecule has 0 bridgehead atoms. The van der Waals surface area contributed by atoms with Gasteiger partial charge in [0, 0.05) is 12.1 Å². The summed E-state index contributed by atoms with van der Waals surface area (Å²) in [4.78, 5) is 11.8. The number of rotatable bonds is 5. The first-order valence-corrected chi connectivity index (χ1v) is 6.79. The number of aliphatic hydroxyl groups excluding tert-OH is 1. The summed E-state index contributed by atoms with van der Waals surface area (Å²) in [6.07, 6.45) is 0.431. The Hall–Kier alpha value is -2.46. The first-order chi connectivity index (χ1) is 10.2. The minimum atomic E-state index is -1.21. The van der Waals surface area contributed by atoms with Crippen LogP contribution in [0.4, 0.5) is 0 Å². The highest BCUT2D eigenvalue weighted by molar-refractivity contribution is 5.82. The van der Waals surface area contributed by atoms with Gasteiger partial charge in [0.2, 0.25) is 0 Å². The Morgan fingerprint density at radius 1 is 1.05 bits per heavy atom. The summed E-state index contributed by atoms with van der Waals surface area (Å²) in [5, 5.41) is 13.8. The van der Waals surface area contributed by atoms with Crippen LogP contribution in [-0.4, -0.2) is 17.2 Å². The van der Waals surface area contributed by atoms with Gasteiger partial charge in [0.15, 0.2) is 6.10 Å². The summed E-state index contributed by atoms with van der Waals surface area (Å²) in [7, 11) is 0. The Bertz CT molecular complexity index is 597. The first kappa shape index (κ1) is 14.9. The summed E-state index contributed by atoms with van der Waals surface area (Å²) in [5.74, 6) is -0.460. The number of aliphatic hydroxyl groups is 1. The molecule has 1 amide bonds. The molecule has 4 heteroatoms. The lowest BCUT2D eigenvalue weighted by Gasteiger charge is -2.09. The summed E-state index contributed by atoms with van der Waals surface area (Å²) < 4.78 is 0. The standard InChI is InChI=1S/C17H18N2O2/c1-13(14-8-4-2-5-9-14)12-18-19-17(21)16(20)15-10-6-3-7-11-15/h2-13,16,20H,1H3,(H,19,21)/b18-12+. The van der Waals surface area contributed by atoms with E-state index in [1.807, 2.05) is 43.3 Å². The van der Waals surface area contributed by atoms with Gasteiger partial charge in [-0.3, -0.25) is 4.79 Å². The van der Waals surface area contributed by atoms with Crippen molar-refractivity contribution < 1.29 is 9.90 Å². The monoisotopic (exact) mass is 282 g/mol. The molecule has 0 heterocycles. The highest BCUT2D eigenvalue weighted by atomic mass is 16.3. The van der Waals surface area contributed by atoms with Crippen molar-refractivity contribution in [1.82, 2.24) is 5.43 Å². The van der Waals surface area contributed by atoms with Crippen LogP contribution < -0.4 is 5.43 Å². The van der Waals surface area contributed by atoms with Crippen LogP contribution in [0.2, 0.25) is 0 Å². The maximum Gasteiger partial charge on any atom is 0.273 e. The van der Waals surface area contributed by atoms with Crippen LogP contribution in [0.5, 0.6) is 0 Å². The number of carbonyl (C=O) groups excluding carboxylic acids is 1. The average Bonchev–Trinajstić information content (AvgIpc) is 2.55. The molecular weight excluding hydrogens is 264 g/mol. The number of nitrogens with zero attached hydrogens (tertiary/aromatic N) is 1. The molecule has 0 fully saturated rings. The largest absolute Gasteiger partial charge is 0.378 e. The minimum absolute atomic E-state index is 0.0837. The number of nitrogens with one attached hydrogen (secondary N) is 1. The van der Waals surface area contributed by atoms with Gasteiger partial charge in [0.05, 0.1) is 0 Å². The zero-order valence-electron chi connectivity index (χ0n) is 11.8. The zero-order chi connectivity index (χ0) is 15.1. The van der Waals surface area contributed by atoms with Crippen molar-refractivity contribution in [3.05, 3.63) is 71.8 Å². The topological polar surface area (TPSA) is 61.7 Å².